The molecule has 0 spiro atoms. The fourth-order valence-electron chi connectivity index (χ4n) is 2.58. The summed E-state index contributed by atoms with van der Waals surface area (Å²) in [5, 5.41) is 9.91. The van der Waals surface area contributed by atoms with E-state index in [1.54, 1.807) is 6.07 Å². The second-order valence-corrected chi connectivity index (χ2v) is 5.60. The molecule has 0 bridgehead atoms. The number of halogens is 1. The molecule has 2 aromatic carbocycles. The molecule has 0 aliphatic carbocycles. The third-order valence-electron chi connectivity index (χ3n) is 3.62. The molecule has 3 rings (SSSR count). The first-order valence-corrected chi connectivity index (χ1v) is 7.30. The van der Waals surface area contributed by atoms with Crippen LogP contribution in [-0.2, 0) is 0 Å². The number of rotatable bonds is 2. The average molecular weight is 314 g/mol. The van der Waals surface area contributed by atoms with Gasteiger partial charge in [-0.3, -0.25) is 0 Å². The van der Waals surface area contributed by atoms with Gasteiger partial charge in [0.05, 0.1) is 22.6 Å². The number of fused-ring (bicyclic) bond motifs is 1. The molecule has 0 fully saturated rings. The predicted molar refractivity (Wildman–Crippen MR) is 87.1 cm³/mol. The van der Waals surface area contributed by atoms with E-state index in [-0.39, 0.29) is 6.04 Å². The minimum Gasteiger partial charge on any atom is -0.329 e. The van der Waals surface area contributed by atoms with Crippen molar-refractivity contribution in [3.05, 3.63) is 63.4 Å². The van der Waals surface area contributed by atoms with Crippen LogP contribution in [0.2, 0.25) is 5.02 Å². The standard InChI is InChI=1S/C16H12ClN3S/c1-10(12-6-2-3-7-13(12)17)20-14-8-4-5-11(9-18)15(14)19-16(20)21/h2-8,10H,1H3,(H,19,21). The van der Waals surface area contributed by atoms with E-state index in [9.17, 15) is 5.26 Å². The molecule has 21 heavy (non-hydrogen) atoms. The molecule has 5 heteroatoms. The van der Waals surface area contributed by atoms with Crippen LogP contribution in [0.3, 0.4) is 0 Å². The van der Waals surface area contributed by atoms with Gasteiger partial charge in [-0.05, 0) is 42.9 Å². The predicted octanol–water partition coefficient (Wildman–Crippen LogP) is 4.83. The highest BCUT2D eigenvalue weighted by atomic mass is 35.5. The van der Waals surface area contributed by atoms with Crippen molar-refractivity contribution >= 4 is 34.9 Å². The van der Waals surface area contributed by atoms with E-state index in [1.165, 1.54) is 0 Å². The first-order valence-electron chi connectivity index (χ1n) is 6.51. The second kappa shape index (κ2) is 5.36. The van der Waals surface area contributed by atoms with Crippen molar-refractivity contribution in [2.45, 2.75) is 13.0 Å². The Labute approximate surface area is 132 Å². The Morgan fingerprint density at radius 3 is 2.71 bits per heavy atom. The molecule has 3 aromatic rings. The van der Waals surface area contributed by atoms with Crippen LogP contribution in [0.5, 0.6) is 0 Å². The summed E-state index contributed by atoms with van der Waals surface area (Å²) in [6, 6.07) is 15.5. The normalized spacial score (nSPS) is 12.2. The first kappa shape index (κ1) is 13.9. The molecule has 0 amide bonds. The van der Waals surface area contributed by atoms with Crippen LogP contribution in [0, 0.1) is 16.1 Å². The smallest absolute Gasteiger partial charge is 0.178 e. The van der Waals surface area contributed by atoms with Gasteiger partial charge in [0.15, 0.2) is 4.77 Å². The number of aromatic amines is 1. The lowest BCUT2D eigenvalue weighted by Gasteiger charge is -2.16. The van der Waals surface area contributed by atoms with Gasteiger partial charge in [-0.1, -0.05) is 35.9 Å². The number of aromatic nitrogens is 2. The molecule has 1 heterocycles. The highest BCUT2D eigenvalue weighted by Crippen LogP contribution is 2.29. The van der Waals surface area contributed by atoms with E-state index >= 15 is 0 Å². The number of benzene rings is 2. The number of nitrogens with one attached hydrogen (secondary N) is 1. The number of nitrogens with zero attached hydrogens (tertiary/aromatic N) is 2. The van der Waals surface area contributed by atoms with Crippen LogP contribution in [-0.4, -0.2) is 9.55 Å². The molecule has 3 nitrogen and oxygen atoms in total. The van der Waals surface area contributed by atoms with E-state index in [2.05, 4.69) is 11.1 Å². The number of para-hydroxylation sites is 1. The fraction of sp³-hybridized carbons (Fsp3) is 0.125. The SMILES string of the molecule is CC(c1ccccc1Cl)n1c(=S)[nH]c2c(C#N)cccc21. The lowest BCUT2D eigenvalue weighted by Crippen LogP contribution is -2.07. The number of nitriles is 1. The highest BCUT2D eigenvalue weighted by Gasteiger charge is 2.16. The maximum Gasteiger partial charge on any atom is 0.178 e. The maximum atomic E-state index is 9.20. The third-order valence-corrected chi connectivity index (χ3v) is 4.26. The lowest BCUT2D eigenvalue weighted by molar-refractivity contribution is 0.649. The van der Waals surface area contributed by atoms with Crippen LogP contribution < -0.4 is 0 Å². The molecule has 1 N–H and O–H groups in total. The van der Waals surface area contributed by atoms with Crippen LogP contribution >= 0.6 is 23.8 Å². The Balaban J connectivity index is 2.27. The summed E-state index contributed by atoms with van der Waals surface area (Å²) in [6.45, 7) is 2.04. The highest BCUT2D eigenvalue weighted by molar-refractivity contribution is 7.71. The summed E-state index contributed by atoms with van der Waals surface area (Å²) in [4.78, 5) is 3.13. The summed E-state index contributed by atoms with van der Waals surface area (Å²) in [5.74, 6) is 0. The van der Waals surface area contributed by atoms with Crippen LogP contribution in [0.25, 0.3) is 11.0 Å². The van der Waals surface area contributed by atoms with E-state index in [0.717, 1.165) is 16.6 Å². The molecule has 0 saturated heterocycles. The molecular formula is C16H12ClN3S. The quantitative estimate of drug-likeness (QED) is 0.688. The Morgan fingerprint density at radius 2 is 2.00 bits per heavy atom. The summed E-state index contributed by atoms with van der Waals surface area (Å²) in [7, 11) is 0. The molecule has 0 radical (unpaired) electrons. The van der Waals surface area contributed by atoms with Crippen molar-refractivity contribution in [1.29, 1.82) is 5.26 Å². The number of hydrogen-bond acceptors (Lipinski definition) is 2. The van der Waals surface area contributed by atoms with Crippen LogP contribution in [0.4, 0.5) is 0 Å². The van der Waals surface area contributed by atoms with Gasteiger partial charge in [-0.2, -0.15) is 5.26 Å². The van der Waals surface area contributed by atoms with E-state index in [1.807, 2.05) is 47.9 Å². The molecule has 0 aliphatic heterocycles. The van der Waals surface area contributed by atoms with E-state index in [0.29, 0.717) is 15.4 Å². The number of H-pyrrole nitrogens is 1. The van der Waals surface area contributed by atoms with Crippen molar-refractivity contribution in [3.8, 4) is 6.07 Å². The van der Waals surface area contributed by atoms with Gasteiger partial charge < -0.3 is 9.55 Å². The van der Waals surface area contributed by atoms with Crippen molar-refractivity contribution in [1.82, 2.24) is 9.55 Å². The Morgan fingerprint density at radius 1 is 1.24 bits per heavy atom. The van der Waals surface area contributed by atoms with Crippen molar-refractivity contribution < 1.29 is 0 Å². The van der Waals surface area contributed by atoms with E-state index < -0.39 is 0 Å². The summed E-state index contributed by atoms with van der Waals surface area (Å²) < 4.78 is 2.58. The third kappa shape index (κ3) is 2.25. The zero-order chi connectivity index (χ0) is 15.0. The maximum absolute atomic E-state index is 9.20. The summed E-state index contributed by atoms with van der Waals surface area (Å²) >= 11 is 11.7. The molecule has 1 unspecified atom stereocenters. The van der Waals surface area contributed by atoms with Crippen molar-refractivity contribution in [2.75, 3.05) is 0 Å². The van der Waals surface area contributed by atoms with Gasteiger partial charge in [-0.25, -0.2) is 0 Å². The van der Waals surface area contributed by atoms with Crippen molar-refractivity contribution in [3.63, 3.8) is 0 Å². The largest absolute Gasteiger partial charge is 0.329 e. The molecular weight excluding hydrogens is 302 g/mol. The second-order valence-electron chi connectivity index (χ2n) is 4.81. The zero-order valence-electron chi connectivity index (χ0n) is 11.3. The number of imidazole rings is 1. The topological polar surface area (TPSA) is 44.5 Å². The number of hydrogen-bond donors (Lipinski definition) is 1. The Bertz CT molecular complexity index is 917. The minimum atomic E-state index is -0.0195. The lowest BCUT2D eigenvalue weighted by atomic mass is 10.1. The fourth-order valence-corrected chi connectivity index (χ4v) is 3.23. The van der Waals surface area contributed by atoms with Gasteiger partial charge in [0.1, 0.15) is 6.07 Å². The Hall–Kier alpha value is -2.09. The molecule has 0 aliphatic rings. The van der Waals surface area contributed by atoms with Gasteiger partial charge >= 0.3 is 0 Å². The van der Waals surface area contributed by atoms with E-state index in [4.69, 9.17) is 23.8 Å². The van der Waals surface area contributed by atoms with Crippen LogP contribution in [0.15, 0.2) is 42.5 Å². The first-order chi connectivity index (χ1) is 10.1. The van der Waals surface area contributed by atoms with Gasteiger partial charge in [-0.15, -0.1) is 0 Å². The average Bonchev–Trinajstić information content (AvgIpc) is 2.82. The molecule has 1 aromatic heterocycles. The summed E-state index contributed by atoms with van der Waals surface area (Å²) in [6.07, 6.45) is 0. The van der Waals surface area contributed by atoms with Gasteiger partial charge in [0, 0.05) is 5.02 Å². The van der Waals surface area contributed by atoms with Crippen molar-refractivity contribution in [2.24, 2.45) is 0 Å². The molecule has 0 saturated carbocycles. The monoisotopic (exact) mass is 313 g/mol. The molecule has 1 atom stereocenters. The van der Waals surface area contributed by atoms with Gasteiger partial charge in [0.25, 0.3) is 0 Å². The molecule has 104 valence electrons. The van der Waals surface area contributed by atoms with Gasteiger partial charge in [0.2, 0.25) is 0 Å². The minimum absolute atomic E-state index is 0.0195. The zero-order valence-corrected chi connectivity index (χ0v) is 12.9. The van der Waals surface area contributed by atoms with Crippen LogP contribution in [0.1, 0.15) is 24.1 Å². The Kier molecular flexibility index (Phi) is 3.54. The summed E-state index contributed by atoms with van der Waals surface area (Å²) in [5.41, 5.74) is 3.26.